The van der Waals surface area contributed by atoms with Crippen molar-refractivity contribution >= 4 is 23.5 Å². The van der Waals surface area contributed by atoms with Crippen LogP contribution in [0.3, 0.4) is 0 Å². The Balaban J connectivity index is 1.69. The van der Waals surface area contributed by atoms with Crippen molar-refractivity contribution in [2.24, 2.45) is 0 Å². The molecule has 44 heavy (non-hydrogen) atoms. The first-order valence-corrected chi connectivity index (χ1v) is 13.3. The molecule has 10 nitrogen and oxygen atoms in total. The molecule has 0 saturated heterocycles. The molecule has 5 rings (SSSR count). The van der Waals surface area contributed by atoms with Gasteiger partial charge in [-0.2, -0.15) is 0 Å². The van der Waals surface area contributed by atoms with E-state index in [0.29, 0.717) is 28.6 Å². The summed E-state index contributed by atoms with van der Waals surface area (Å²) in [5.41, 5.74) is 0.692. The first-order chi connectivity index (χ1) is 21.3. The van der Waals surface area contributed by atoms with Gasteiger partial charge in [0.25, 0.3) is 0 Å². The van der Waals surface area contributed by atoms with Gasteiger partial charge in [-0.25, -0.2) is 14.4 Å². The minimum Gasteiger partial charge on any atom is -0.497 e. The summed E-state index contributed by atoms with van der Waals surface area (Å²) in [7, 11) is 6.00. The van der Waals surface area contributed by atoms with Gasteiger partial charge >= 0.3 is 23.7 Å². The molecule has 1 atom stereocenters. The fraction of sp³-hybridized carbons (Fsp3) is 0.147. The van der Waals surface area contributed by atoms with E-state index in [-0.39, 0.29) is 28.0 Å². The molecule has 0 aromatic heterocycles. The summed E-state index contributed by atoms with van der Waals surface area (Å²) in [5.74, 6) is -3.12. The molecule has 0 fully saturated rings. The molecule has 0 aliphatic carbocycles. The maximum atomic E-state index is 13.7. The lowest BCUT2D eigenvalue weighted by Gasteiger charge is -2.30. The third kappa shape index (κ3) is 5.78. The van der Waals surface area contributed by atoms with Crippen molar-refractivity contribution in [3.05, 3.63) is 125 Å². The lowest BCUT2D eigenvalue weighted by atomic mass is 9.98. The number of methoxy groups -OCH3 is 4. The molecule has 0 radical (unpaired) electrons. The van der Waals surface area contributed by atoms with Crippen LogP contribution in [0, 0.1) is 0 Å². The van der Waals surface area contributed by atoms with Crippen LogP contribution in [0.15, 0.2) is 103 Å². The van der Waals surface area contributed by atoms with Gasteiger partial charge in [-0.05, 0) is 90.5 Å². The molecule has 0 bridgehead atoms. The molecule has 0 N–H and O–H groups in total. The van der Waals surface area contributed by atoms with E-state index in [2.05, 4.69) is 0 Å². The third-order valence-electron chi connectivity index (χ3n) is 6.90. The molecular weight excluding hydrogens is 568 g/mol. The number of benzene rings is 4. The summed E-state index contributed by atoms with van der Waals surface area (Å²) < 4.78 is 38.8. The zero-order valence-electron chi connectivity index (χ0n) is 24.3. The van der Waals surface area contributed by atoms with Crippen molar-refractivity contribution < 1.29 is 47.5 Å². The van der Waals surface area contributed by atoms with Crippen LogP contribution < -0.4 is 18.9 Å². The molecule has 224 valence electrons. The zero-order chi connectivity index (χ0) is 31.3. The number of esters is 3. The molecular formula is C34H28O10. The summed E-state index contributed by atoms with van der Waals surface area (Å²) >= 11 is 0. The van der Waals surface area contributed by atoms with Gasteiger partial charge in [0, 0.05) is 5.56 Å². The monoisotopic (exact) mass is 596 g/mol. The topological polar surface area (TPSA) is 116 Å². The lowest BCUT2D eigenvalue weighted by molar-refractivity contribution is -0.195. The van der Waals surface area contributed by atoms with Crippen LogP contribution in [-0.4, -0.2) is 46.3 Å². The second-order valence-corrected chi connectivity index (χ2v) is 9.40. The maximum absolute atomic E-state index is 13.7. The predicted molar refractivity (Wildman–Crippen MR) is 157 cm³/mol. The molecule has 1 aliphatic heterocycles. The van der Waals surface area contributed by atoms with Crippen LogP contribution in [0.25, 0.3) is 5.57 Å². The Bertz CT molecular complexity index is 1690. The van der Waals surface area contributed by atoms with E-state index in [1.165, 1.54) is 52.7 Å². The Hall–Kier alpha value is -5.77. The number of hydrogen-bond acceptors (Lipinski definition) is 10. The van der Waals surface area contributed by atoms with Crippen molar-refractivity contribution in [1.82, 2.24) is 0 Å². The van der Waals surface area contributed by atoms with Crippen LogP contribution in [0.5, 0.6) is 23.0 Å². The Morgan fingerprint density at radius 1 is 0.568 bits per heavy atom. The summed E-state index contributed by atoms with van der Waals surface area (Å²) in [6.07, 6.45) is 0. The quantitative estimate of drug-likeness (QED) is 0.216. The van der Waals surface area contributed by atoms with Gasteiger partial charge in [-0.3, -0.25) is 0 Å². The van der Waals surface area contributed by atoms with E-state index in [4.69, 9.17) is 33.2 Å². The number of carbonyl (C=O) groups excluding carboxylic acids is 3. The minimum atomic E-state index is -2.29. The van der Waals surface area contributed by atoms with Gasteiger partial charge < -0.3 is 33.2 Å². The summed E-state index contributed by atoms with van der Waals surface area (Å²) in [6.45, 7) is 0. The SMILES string of the molecule is COc1ccc(C(=O)OC2=C(c3ccc(OC)cc3)C(=O)OC2(OC(=O)c2ccc(OC)cc2)c2ccc(OC)cc2)cc1. The van der Waals surface area contributed by atoms with Crippen LogP contribution >= 0.6 is 0 Å². The molecule has 1 aliphatic rings. The second-order valence-electron chi connectivity index (χ2n) is 9.40. The first-order valence-electron chi connectivity index (χ1n) is 13.3. The fourth-order valence-corrected chi connectivity index (χ4v) is 4.53. The highest BCUT2D eigenvalue weighted by atomic mass is 16.8. The predicted octanol–water partition coefficient (Wildman–Crippen LogP) is 5.56. The van der Waals surface area contributed by atoms with Crippen LogP contribution in [0.2, 0.25) is 0 Å². The normalized spacial score (nSPS) is 15.7. The van der Waals surface area contributed by atoms with Crippen molar-refractivity contribution in [3.63, 3.8) is 0 Å². The Morgan fingerprint density at radius 2 is 0.977 bits per heavy atom. The molecule has 10 heteroatoms. The number of ether oxygens (including phenoxy) is 7. The highest BCUT2D eigenvalue weighted by molar-refractivity contribution is 6.20. The molecule has 1 unspecified atom stereocenters. The Morgan fingerprint density at radius 3 is 1.43 bits per heavy atom. The number of carbonyl (C=O) groups is 3. The van der Waals surface area contributed by atoms with E-state index in [1.54, 1.807) is 72.8 Å². The van der Waals surface area contributed by atoms with Gasteiger partial charge in [0.1, 0.15) is 28.6 Å². The van der Waals surface area contributed by atoms with Gasteiger partial charge in [0.2, 0.25) is 5.76 Å². The van der Waals surface area contributed by atoms with Crippen molar-refractivity contribution in [2.75, 3.05) is 28.4 Å². The smallest absolute Gasteiger partial charge is 0.346 e. The van der Waals surface area contributed by atoms with E-state index in [9.17, 15) is 14.4 Å². The highest BCUT2D eigenvalue weighted by Gasteiger charge is 2.56. The fourth-order valence-electron chi connectivity index (χ4n) is 4.53. The van der Waals surface area contributed by atoms with Crippen LogP contribution in [0.4, 0.5) is 0 Å². The highest BCUT2D eigenvalue weighted by Crippen LogP contribution is 2.47. The number of hydrogen-bond donors (Lipinski definition) is 0. The van der Waals surface area contributed by atoms with Gasteiger partial charge in [0.15, 0.2) is 0 Å². The molecule has 0 amide bonds. The molecule has 0 saturated carbocycles. The molecule has 4 aromatic carbocycles. The minimum absolute atomic E-state index is 0.118. The van der Waals surface area contributed by atoms with E-state index in [1.807, 2.05) is 0 Å². The van der Waals surface area contributed by atoms with Gasteiger partial charge in [-0.1, -0.05) is 12.1 Å². The zero-order valence-corrected chi connectivity index (χ0v) is 24.3. The molecule has 4 aromatic rings. The first kappa shape index (κ1) is 29.7. The van der Waals surface area contributed by atoms with E-state index in [0.717, 1.165) is 0 Å². The maximum Gasteiger partial charge on any atom is 0.346 e. The van der Waals surface area contributed by atoms with E-state index >= 15 is 0 Å². The van der Waals surface area contributed by atoms with E-state index < -0.39 is 23.7 Å². The van der Waals surface area contributed by atoms with Gasteiger partial charge in [0.05, 0.1) is 39.6 Å². The molecule has 0 spiro atoms. The second kappa shape index (κ2) is 12.6. The average molecular weight is 597 g/mol. The number of rotatable bonds is 10. The summed E-state index contributed by atoms with van der Waals surface area (Å²) in [4.78, 5) is 40.9. The largest absolute Gasteiger partial charge is 0.497 e. The standard InChI is InChI=1S/C34H28O10/c1-38-25-13-5-21(6-14-25)29-30(42-31(35)22-7-15-26(39-2)16-8-22)34(44-33(29)37,24-11-19-28(41-4)20-12-24)43-32(36)23-9-17-27(40-3)18-10-23/h5-20H,1-4H3. The van der Waals surface area contributed by atoms with Crippen molar-refractivity contribution in [2.45, 2.75) is 5.79 Å². The van der Waals surface area contributed by atoms with Crippen molar-refractivity contribution in [3.8, 4) is 23.0 Å². The Labute approximate surface area is 253 Å². The Kier molecular flexibility index (Phi) is 8.52. The van der Waals surface area contributed by atoms with Gasteiger partial charge in [-0.15, -0.1) is 0 Å². The van der Waals surface area contributed by atoms with Crippen LogP contribution in [-0.2, 0) is 24.8 Å². The number of cyclic esters (lactones) is 1. The third-order valence-corrected chi connectivity index (χ3v) is 6.90. The van der Waals surface area contributed by atoms with Crippen molar-refractivity contribution in [1.29, 1.82) is 0 Å². The summed E-state index contributed by atoms with van der Waals surface area (Å²) in [6, 6.07) is 25.1. The molecule has 1 heterocycles. The lowest BCUT2D eigenvalue weighted by Crippen LogP contribution is -2.37. The van der Waals surface area contributed by atoms with Crippen LogP contribution in [0.1, 0.15) is 31.8 Å². The average Bonchev–Trinajstić information content (AvgIpc) is 3.35. The summed E-state index contributed by atoms with van der Waals surface area (Å²) in [5, 5.41) is 0.